The van der Waals surface area contributed by atoms with Gasteiger partial charge in [-0.25, -0.2) is 4.39 Å². The summed E-state index contributed by atoms with van der Waals surface area (Å²) in [5.74, 6) is -1.29. The van der Waals surface area contributed by atoms with E-state index in [1.54, 1.807) is 6.07 Å². The van der Waals surface area contributed by atoms with Gasteiger partial charge < -0.3 is 5.73 Å². The summed E-state index contributed by atoms with van der Waals surface area (Å²) >= 11 is 0. The molecule has 5 heteroatoms. The molecule has 0 amide bonds. The van der Waals surface area contributed by atoms with Gasteiger partial charge in [0.1, 0.15) is 5.82 Å². The highest BCUT2D eigenvalue weighted by Crippen LogP contribution is 2.33. The molecule has 1 unspecified atom stereocenters. The van der Waals surface area contributed by atoms with Crippen LogP contribution in [0.25, 0.3) is 0 Å². The third-order valence-corrected chi connectivity index (χ3v) is 3.37. The van der Waals surface area contributed by atoms with Gasteiger partial charge in [-0.05, 0) is 35.2 Å². The van der Waals surface area contributed by atoms with Crippen molar-refractivity contribution in [1.82, 2.24) is 0 Å². The van der Waals surface area contributed by atoms with Crippen LogP contribution in [-0.4, -0.2) is 0 Å². The molecule has 2 aromatic rings. The van der Waals surface area contributed by atoms with Crippen molar-refractivity contribution >= 4 is 0 Å². The van der Waals surface area contributed by atoms with Gasteiger partial charge in [0.25, 0.3) is 0 Å². The van der Waals surface area contributed by atoms with E-state index >= 15 is 0 Å². The largest absolute Gasteiger partial charge is 0.419 e. The molecule has 2 aromatic carbocycles. The van der Waals surface area contributed by atoms with Gasteiger partial charge in [0.15, 0.2) is 0 Å². The predicted octanol–water partition coefficient (Wildman–Crippen LogP) is 4.46. The summed E-state index contributed by atoms with van der Waals surface area (Å²) in [5.41, 5.74) is 6.70. The lowest BCUT2D eigenvalue weighted by molar-refractivity contribution is -0.140. The number of rotatable bonds is 3. The van der Waals surface area contributed by atoms with Crippen LogP contribution in [0.15, 0.2) is 42.5 Å². The summed E-state index contributed by atoms with van der Waals surface area (Å²) in [4.78, 5) is 0. The van der Waals surface area contributed by atoms with E-state index in [1.807, 2.05) is 25.1 Å². The zero-order valence-electron chi connectivity index (χ0n) is 11.4. The summed E-state index contributed by atoms with van der Waals surface area (Å²) in [6.45, 7) is 1.98. The van der Waals surface area contributed by atoms with Crippen molar-refractivity contribution in [2.24, 2.45) is 5.73 Å². The highest BCUT2D eigenvalue weighted by atomic mass is 19.4. The summed E-state index contributed by atoms with van der Waals surface area (Å²) in [7, 11) is 0. The van der Waals surface area contributed by atoms with Crippen molar-refractivity contribution in [2.45, 2.75) is 25.6 Å². The molecule has 0 saturated carbocycles. The lowest BCUT2D eigenvalue weighted by atomic mass is 9.96. The molecule has 112 valence electrons. The van der Waals surface area contributed by atoms with Crippen LogP contribution in [0.2, 0.25) is 0 Å². The molecule has 0 aliphatic rings. The second-order valence-electron chi connectivity index (χ2n) is 4.81. The van der Waals surface area contributed by atoms with E-state index in [9.17, 15) is 17.6 Å². The van der Waals surface area contributed by atoms with E-state index in [0.717, 1.165) is 24.1 Å². The monoisotopic (exact) mass is 297 g/mol. The molecule has 0 aromatic heterocycles. The normalized spacial score (nSPS) is 13.2. The van der Waals surface area contributed by atoms with Gasteiger partial charge in [-0.1, -0.05) is 37.3 Å². The highest BCUT2D eigenvalue weighted by Gasteiger charge is 2.34. The number of benzene rings is 2. The van der Waals surface area contributed by atoms with Gasteiger partial charge in [-0.2, -0.15) is 13.2 Å². The lowest BCUT2D eigenvalue weighted by Gasteiger charge is -2.16. The van der Waals surface area contributed by atoms with E-state index < -0.39 is 23.6 Å². The molecular weight excluding hydrogens is 282 g/mol. The molecular formula is C16H15F4N. The summed E-state index contributed by atoms with van der Waals surface area (Å²) in [6.07, 6.45) is -3.93. The van der Waals surface area contributed by atoms with Crippen LogP contribution in [0, 0.1) is 5.82 Å². The first-order valence-corrected chi connectivity index (χ1v) is 6.54. The van der Waals surface area contributed by atoms with Crippen molar-refractivity contribution < 1.29 is 17.6 Å². The Labute approximate surface area is 120 Å². The second-order valence-corrected chi connectivity index (χ2v) is 4.81. The number of hydrogen-bond acceptors (Lipinski definition) is 1. The molecule has 1 atom stereocenters. The molecule has 0 aliphatic heterocycles. The zero-order chi connectivity index (χ0) is 15.6. The standard InChI is InChI=1S/C16H15F4N/c1-2-10-4-3-5-11(8-10)15(21)12-6-7-14(17)13(9-12)16(18,19)20/h3-9,15H,2,21H2,1H3. The molecule has 0 fully saturated rings. The van der Waals surface area contributed by atoms with Gasteiger partial charge in [-0.3, -0.25) is 0 Å². The highest BCUT2D eigenvalue weighted by molar-refractivity contribution is 5.37. The van der Waals surface area contributed by atoms with E-state index in [-0.39, 0.29) is 5.56 Å². The Bertz CT molecular complexity index is 634. The van der Waals surface area contributed by atoms with Gasteiger partial charge in [0.2, 0.25) is 0 Å². The third kappa shape index (κ3) is 3.42. The van der Waals surface area contributed by atoms with Crippen LogP contribution < -0.4 is 5.73 Å². The first kappa shape index (κ1) is 15.5. The molecule has 21 heavy (non-hydrogen) atoms. The topological polar surface area (TPSA) is 26.0 Å². The SMILES string of the molecule is CCc1cccc(C(N)c2ccc(F)c(C(F)(F)F)c2)c1. The Morgan fingerprint density at radius 2 is 1.71 bits per heavy atom. The minimum atomic E-state index is -4.73. The van der Waals surface area contributed by atoms with Crippen molar-refractivity contribution in [2.75, 3.05) is 0 Å². The van der Waals surface area contributed by atoms with E-state index in [2.05, 4.69) is 0 Å². The maximum Gasteiger partial charge on any atom is 0.419 e. The Kier molecular flexibility index (Phi) is 4.32. The van der Waals surface area contributed by atoms with Gasteiger partial charge >= 0.3 is 6.18 Å². The fourth-order valence-electron chi connectivity index (χ4n) is 2.15. The molecule has 0 spiro atoms. The van der Waals surface area contributed by atoms with Crippen LogP contribution in [0.5, 0.6) is 0 Å². The first-order chi connectivity index (χ1) is 9.82. The van der Waals surface area contributed by atoms with Crippen molar-refractivity contribution in [3.05, 3.63) is 70.5 Å². The molecule has 0 heterocycles. The van der Waals surface area contributed by atoms with Crippen LogP contribution in [0.1, 0.15) is 35.2 Å². The van der Waals surface area contributed by atoms with E-state index in [1.165, 1.54) is 6.07 Å². The average molecular weight is 297 g/mol. The van der Waals surface area contributed by atoms with Crippen molar-refractivity contribution in [1.29, 1.82) is 0 Å². The molecule has 2 rings (SSSR count). The number of halogens is 4. The molecule has 0 radical (unpaired) electrons. The third-order valence-electron chi connectivity index (χ3n) is 3.37. The first-order valence-electron chi connectivity index (χ1n) is 6.54. The zero-order valence-corrected chi connectivity index (χ0v) is 11.4. The summed E-state index contributed by atoms with van der Waals surface area (Å²) in [5, 5.41) is 0. The fourth-order valence-corrected chi connectivity index (χ4v) is 2.15. The maximum absolute atomic E-state index is 13.3. The van der Waals surface area contributed by atoms with Crippen LogP contribution in [0.3, 0.4) is 0 Å². The van der Waals surface area contributed by atoms with Gasteiger partial charge in [-0.15, -0.1) is 0 Å². The lowest BCUT2D eigenvalue weighted by Crippen LogP contribution is -2.15. The summed E-state index contributed by atoms with van der Waals surface area (Å²) < 4.78 is 51.5. The smallest absolute Gasteiger partial charge is 0.320 e. The number of aryl methyl sites for hydroxylation is 1. The maximum atomic E-state index is 13.3. The molecule has 0 saturated heterocycles. The Hall–Kier alpha value is -1.88. The fraction of sp³-hybridized carbons (Fsp3) is 0.250. The minimum absolute atomic E-state index is 0.233. The predicted molar refractivity (Wildman–Crippen MR) is 73.3 cm³/mol. The van der Waals surface area contributed by atoms with Crippen molar-refractivity contribution in [3.8, 4) is 0 Å². The Morgan fingerprint density at radius 3 is 2.33 bits per heavy atom. The number of alkyl halides is 3. The molecule has 0 bridgehead atoms. The quantitative estimate of drug-likeness (QED) is 0.832. The van der Waals surface area contributed by atoms with Crippen LogP contribution >= 0.6 is 0 Å². The molecule has 0 aliphatic carbocycles. The second kappa shape index (κ2) is 5.85. The molecule has 1 nitrogen and oxygen atoms in total. The molecule has 2 N–H and O–H groups in total. The summed E-state index contributed by atoms with van der Waals surface area (Å²) in [6, 6.07) is 9.47. The van der Waals surface area contributed by atoms with Crippen molar-refractivity contribution in [3.63, 3.8) is 0 Å². The number of hydrogen-bond donors (Lipinski definition) is 1. The van der Waals surface area contributed by atoms with E-state index in [4.69, 9.17) is 5.73 Å². The number of nitrogens with two attached hydrogens (primary N) is 1. The van der Waals surface area contributed by atoms with Gasteiger partial charge in [0, 0.05) is 0 Å². The Morgan fingerprint density at radius 1 is 1.05 bits per heavy atom. The van der Waals surface area contributed by atoms with Gasteiger partial charge in [0.05, 0.1) is 11.6 Å². The Balaban J connectivity index is 2.41. The van der Waals surface area contributed by atoms with Crippen LogP contribution in [-0.2, 0) is 12.6 Å². The average Bonchev–Trinajstić information content (AvgIpc) is 2.46. The van der Waals surface area contributed by atoms with E-state index in [0.29, 0.717) is 5.56 Å². The van der Waals surface area contributed by atoms with Crippen LogP contribution in [0.4, 0.5) is 17.6 Å². The minimum Gasteiger partial charge on any atom is -0.320 e.